The van der Waals surface area contributed by atoms with E-state index in [1.54, 1.807) is 0 Å². The van der Waals surface area contributed by atoms with Crippen LogP contribution in [0.2, 0.25) is 0 Å². The van der Waals surface area contributed by atoms with Crippen LogP contribution in [0.4, 0.5) is 40.7 Å². The van der Waals surface area contributed by atoms with Crippen LogP contribution in [0.1, 0.15) is 38.9 Å². The monoisotopic (exact) mass is 1010 g/mol. The molecule has 0 bridgehead atoms. The first-order valence-electron chi connectivity index (χ1n) is 21.0. The molecule has 71 heavy (non-hydrogen) atoms. The summed E-state index contributed by atoms with van der Waals surface area (Å²) in [6, 6.07) is 24.4. The maximum atomic E-state index is 12.7. The SMILES string of the molecule is COC(=O)OC.FC(F)(F)c1ccc(Cc2ccccc2C2=NNNN2)cc1.NC(CO)CO.O=C1NC(CO)CO1.O=C1NC(Cn2nnc(-c3ccccc3Cc3ccc(C(F)(F)F)cc3)n2)CO1. The Morgan fingerprint density at radius 2 is 1.23 bits per heavy atom. The molecule has 3 aliphatic heterocycles. The molecular weight excluding hydrogens is 957 g/mol. The number of carbonyl (C=O) groups is 3. The molecule has 3 aliphatic rings. The summed E-state index contributed by atoms with van der Waals surface area (Å²) in [4.78, 5) is 32.4. The van der Waals surface area contributed by atoms with Crippen LogP contribution in [0, 0.1) is 0 Å². The van der Waals surface area contributed by atoms with Crippen LogP contribution in [0.25, 0.3) is 11.4 Å². The van der Waals surface area contributed by atoms with Crippen molar-refractivity contribution in [2.45, 2.75) is 49.9 Å². The molecule has 0 aliphatic carbocycles. The molecule has 2 atom stereocenters. The van der Waals surface area contributed by atoms with E-state index in [2.05, 4.69) is 61.9 Å². The van der Waals surface area contributed by atoms with Gasteiger partial charge in [-0.25, -0.2) is 19.9 Å². The Morgan fingerprint density at radius 3 is 1.61 bits per heavy atom. The Hall–Kier alpha value is -7.59. The van der Waals surface area contributed by atoms with Gasteiger partial charge in [-0.15, -0.1) is 20.8 Å². The number of alkyl halides is 6. The fraction of sp³-hybridized carbons (Fsp3) is 0.341. The predicted molar refractivity (Wildman–Crippen MR) is 239 cm³/mol. The number of rotatable bonds is 11. The number of aromatic nitrogens is 4. The average Bonchev–Trinajstić information content (AvgIpc) is 4.22. The topological polar surface area (TPSA) is 291 Å². The molecule has 4 heterocycles. The molecule has 2 fully saturated rings. The van der Waals surface area contributed by atoms with Crippen molar-refractivity contribution in [3.05, 3.63) is 136 Å². The number of aliphatic hydroxyl groups excluding tert-OH is 3. The van der Waals surface area contributed by atoms with Crippen molar-refractivity contribution >= 4 is 24.2 Å². The number of nitrogens with one attached hydrogen (secondary N) is 5. The standard InChI is InChI=1S/C19H16F3N5O2.C15H13F3N4.C4H7NO3.C3H9NO2.C3H6O3/c20-19(21,22)14-7-5-12(6-8-14)9-13-3-1-2-4-16(13)17-24-26-27(25-17)10-15-11-29-18(28)23-15;16-15(17,18)12-7-5-10(6-8-12)9-11-3-1-2-4-13(11)14-19-21-22-20-14;6-1-3-2-8-4(7)5-3;4-3(1-5)2-6;1-5-3(4)6-2/h1-8,15H,9-11H2,(H,23,28);1-8,21-22H,9H2,(H,19,20);3,6H,1-2H2,(H,5,7);3,5-6H,1-2,4H2;1-2H3. The smallest absolute Gasteiger partial charge is 0.447 e. The van der Waals surface area contributed by atoms with Crippen LogP contribution in [0.5, 0.6) is 0 Å². The second-order valence-electron chi connectivity index (χ2n) is 14.9. The molecule has 21 nitrogen and oxygen atoms in total. The Morgan fingerprint density at radius 1 is 0.746 bits per heavy atom. The highest BCUT2D eigenvalue weighted by Gasteiger charge is 2.31. The molecule has 0 spiro atoms. The third-order valence-corrected chi connectivity index (χ3v) is 9.62. The van der Waals surface area contributed by atoms with Crippen molar-refractivity contribution in [1.82, 2.24) is 47.3 Å². The maximum absolute atomic E-state index is 12.7. The average molecular weight is 1010 g/mol. The van der Waals surface area contributed by atoms with E-state index in [0.29, 0.717) is 31.0 Å². The zero-order chi connectivity index (χ0) is 52.0. The zero-order valence-electron chi connectivity index (χ0n) is 37.9. The Labute approximate surface area is 401 Å². The molecule has 4 aromatic carbocycles. The number of benzene rings is 4. The number of tetrazole rings is 1. The molecule has 0 radical (unpaired) electrons. The summed E-state index contributed by atoms with van der Waals surface area (Å²) >= 11 is 0. The number of amidine groups is 1. The first-order chi connectivity index (χ1) is 33.9. The highest BCUT2D eigenvalue weighted by atomic mass is 19.4. The van der Waals surface area contributed by atoms with Crippen molar-refractivity contribution in [3.63, 3.8) is 0 Å². The molecule has 384 valence electrons. The first kappa shape index (κ1) is 56.0. The van der Waals surface area contributed by atoms with Gasteiger partial charge in [0.05, 0.1) is 69.8 Å². The van der Waals surface area contributed by atoms with Crippen LogP contribution in [-0.2, 0) is 50.7 Å². The van der Waals surface area contributed by atoms with E-state index in [1.807, 2.05) is 48.5 Å². The number of nitrogens with two attached hydrogens (primary N) is 1. The number of alkyl carbamates (subject to hydrolysis) is 2. The van der Waals surface area contributed by atoms with E-state index in [-0.39, 0.29) is 45.1 Å². The number of halogens is 6. The number of amides is 2. The summed E-state index contributed by atoms with van der Waals surface area (Å²) < 4.78 is 93.3. The molecular formula is C44H51F6N11O10. The molecule has 10 N–H and O–H groups in total. The van der Waals surface area contributed by atoms with Crippen molar-refractivity contribution in [1.29, 1.82) is 0 Å². The lowest BCUT2D eigenvalue weighted by molar-refractivity contribution is -0.138. The molecule has 5 aromatic rings. The van der Waals surface area contributed by atoms with Crippen LogP contribution in [0.15, 0.2) is 102 Å². The number of ether oxygens (including phenoxy) is 4. The molecule has 2 unspecified atom stereocenters. The minimum atomic E-state index is -4.36. The van der Waals surface area contributed by atoms with Gasteiger partial charge >= 0.3 is 30.7 Å². The van der Waals surface area contributed by atoms with E-state index in [4.69, 9.17) is 25.8 Å². The molecule has 2 amide bonds. The summed E-state index contributed by atoms with van der Waals surface area (Å²) in [5.41, 5.74) is 16.8. The third-order valence-electron chi connectivity index (χ3n) is 9.62. The van der Waals surface area contributed by atoms with E-state index in [0.717, 1.165) is 57.6 Å². The number of nitrogens with zero attached hydrogens (tertiary/aromatic N) is 5. The fourth-order valence-corrected chi connectivity index (χ4v) is 6.00. The van der Waals surface area contributed by atoms with Gasteiger partial charge in [0.2, 0.25) is 5.82 Å². The van der Waals surface area contributed by atoms with E-state index < -0.39 is 47.9 Å². The van der Waals surface area contributed by atoms with Gasteiger partial charge in [-0.2, -0.15) is 31.1 Å². The number of carbonyl (C=O) groups excluding carboxylic acids is 3. The van der Waals surface area contributed by atoms with Gasteiger partial charge in [-0.3, -0.25) is 5.43 Å². The highest BCUT2D eigenvalue weighted by Crippen LogP contribution is 2.31. The van der Waals surface area contributed by atoms with Gasteiger partial charge in [-0.05, 0) is 64.6 Å². The largest absolute Gasteiger partial charge is 0.507 e. The van der Waals surface area contributed by atoms with Gasteiger partial charge in [0, 0.05) is 11.1 Å². The van der Waals surface area contributed by atoms with Crippen molar-refractivity contribution in [2.24, 2.45) is 10.8 Å². The summed E-state index contributed by atoms with van der Waals surface area (Å²) in [6.45, 7) is 0.508. The number of hydrazine groups is 2. The van der Waals surface area contributed by atoms with Crippen LogP contribution < -0.4 is 32.9 Å². The van der Waals surface area contributed by atoms with Gasteiger partial charge in [0.15, 0.2) is 5.84 Å². The quantitative estimate of drug-likeness (QED) is 0.0521. The van der Waals surface area contributed by atoms with Crippen molar-refractivity contribution in [2.75, 3.05) is 47.3 Å². The van der Waals surface area contributed by atoms with E-state index in [9.17, 15) is 40.7 Å². The Kier molecular flexibility index (Phi) is 21.7. The number of aliphatic hydroxyl groups is 3. The number of hydrazone groups is 1. The normalized spacial score (nSPS) is 15.6. The molecule has 8 rings (SSSR count). The summed E-state index contributed by atoms with van der Waals surface area (Å²) in [5.74, 6) is 1.04. The minimum absolute atomic E-state index is 0.0499. The fourth-order valence-electron chi connectivity index (χ4n) is 6.00. The zero-order valence-corrected chi connectivity index (χ0v) is 37.9. The second-order valence-corrected chi connectivity index (χ2v) is 14.9. The van der Waals surface area contributed by atoms with Gasteiger partial charge in [0.1, 0.15) is 13.2 Å². The minimum Gasteiger partial charge on any atom is -0.447 e. The lowest BCUT2D eigenvalue weighted by atomic mass is 9.98. The third kappa shape index (κ3) is 18.7. The van der Waals surface area contributed by atoms with Gasteiger partial charge in [-0.1, -0.05) is 72.8 Å². The van der Waals surface area contributed by atoms with Crippen molar-refractivity contribution in [3.8, 4) is 11.4 Å². The Bertz CT molecular complexity index is 2470. The molecule has 0 saturated carbocycles. The number of cyclic esters (lactones) is 2. The lowest BCUT2D eigenvalue weighted by Crippen LogP contribution is -2.35. The maximum Gasteiger partial charge on any atom is 0.507 e. The van der Waals surface area contributed by atoms with E-state index in [1.165, 1.54) is 43.3 Å². The first-order valence-corrected chi connectivity index (χ1v) is 21.0. The van der Waals surface area contributed by atoms with Gasteiger partial charge < -0.3 is 50.6 Å². The van der Waals surface area contributed by atoms with E-state index >= 15 is 0 Å². The molecule has 2 saturated heterocycles. The lowest BCUT2D eigenvalue weighted by Gasteiger charge is -2.10. The predicted octanol–water partition coefficient (Wildman–Crippen LogP) is 3.41. The number of hydrogen-bond donors (Lipinski definition) is 9. The van der Waals surface area contributed by atoms with Crippen LogP contribution in [-0.4, -0.2) is 125 Å². The summed E-state index contributed by atoms with van der Waals surface area (Å²) in [7, 11) is 2.51. The number of hydrogen-bond acceptors (Lipinski definition) is 18. The summed E-state index contributed by atoms with van der Waals surface area (Å²) in [6.07, 6.45) is -9.29. The summed E-state index contributed by atoms with van der Waals surface area (Å²) in [5, 5.41) is 46.0. The van der Waals surface area contributed by atoms with Crippen LogP contribution in [0.3, 0.4) is 0 Å². The molecule has 1 aromatic heterocycles. The van der Waals surface area contributed by atoms with Crippen LogP contribution >= 0.6 is 0 Å². The molecule has 27 heteroatoms. The highest BCUT2D eigenvalue weighted by molar-refractivity contribution is 6.00. The van der Waals surface area contributed by atoms with Crippen molar-refractivity contribution < 1.29 is 75.0 Å². The van der Waals surface area contributed by atoms with Gasteiger partial charge in [0.25, 0.3) is 0 Å². The Balaban J connectivity index is 0.000000227. The number of methoxy groups -OCH3 is 2. The second kappa shape index (κ2) is 27.6.